The molecule has 0 unspecified atom stereocenters. The van der Waals surface area contributed by atoms with Gasteiger partial charge in [0.2, 0.25) is 0 Å². The standard InChI is InChI=1S/C23H25N5O/c1-27-12-14-28(15-13-27)20-9-7-19(8-10-20)21-5-2-6-22(26-21)23(29)25-17-18-4-3-11-24-16-18/h2-11,16H,12-15,17H2,1H3,(H,25,29). The van der Waals surface area contributed by atoms with E-state index in [9.17, 15) is 4.79 Å². The van der Waals surface area contributed by atoms with E-state index in [-0.39, 0.29) is 5.91 Å². The van der Waals surface area contributed by atoms with Gasteiger partial charge in [0.25, 0.3) is 5.91 Å². The lowest BCUT2D eigenvalue weighted by Crippen LogP contribution is -2.44. The van der Waals surface area contributed by atoms with E-state index in [1.54, 1.807) is 18.5 Å². The van der Waals surface area contributed by atoms with Crippen LogP contribution in [0.25, 0.3) is 11.3 Å². The fraction of sp³-hybridized carbons (Fsp3) is 0.261. The van der Waals surface area contributed by atoms with E-state index in [2.05, 4.69) is 56.4 Å². The minimum absolute atomic E-state index is 0.190. The highest BCUT2D eigenvalue weighted by Crippen LogP contribution is 2.23. The maximum atomic E-state index is 12.5. The van der Waals surface area contributed by atoms with Crippen LogP contribution in [0.5, 0.6) is 0 Å². The maximum Gasteiger partial charge on any atom is 0.270 e. The fourth-order valence-electron chi connectivity index (χ4n) is 3.41. The Bertz CT molecular complexity index is 951. The molecule has 0 aliphatic carbocycles. The predicted molar refractivity (Wildman–Crippen MR) is 115 cm³/mol. The van der Waals surface area contributed by atoms with Crippen LogP contribution in [0.15, 0.2) is 67.0 Å². The molecule has 0 radical (unpaired) electrons. The second-order valence-electron chi connectivity index (χ2n) is 7.29. The summed E-state index contributed by atoms with van der Waals surface area (Å²) in [4.78, 5) is 25.9. The molecule has 3 heterocycles. The van der Waals surface area contributed by atoms with Crippen molar-refractivity contribution in [3.8, 4) is 11.3 Å². The van der Waals surface area contributed by atoms with Gasteiger partial charge in [-0.1, -0.05) is 24.3 Å². The van der Waals surface area contributed by atoms with Crippen LogP contribution in [0.3, 0.4) is 0 Å². The lowest BCUT2D eigenvalue weighted by Gasteiger charge is -2.34. The summed E-state index contributed by atoms with van der Waals surface area (Å²) in [5.41, 5.74) is 4.40. The Balaban J connectivity index is 1.43. The maximum absolute atomic E-state index is 12.5. The molecule has 0 spiro atoms. The highest BCUT2D eigenvalue weighted by Gasteiger charge is 2.14. The van der Waals surface area contributed by atoms with Crippen molar-refractivity contribution < 1.29 is 4.79 Å². The molecule has 1 fully saturated rings. The lowest BCUT2D eigenvalue weighted by molar-refractivity contribution is 0.0946. The van der Waals surface area contributed by atoms with Crippen molar-refractivity contribution >= 4 is 11.6 Å². The van der Waals surface area contributed by atoms with E-state index in [1.807, 2.05) is 24.3 Å². The summed E-state index contributed by atoms with van der Waals surface area (Å²) < 4.78 is 0. The summed E-state index contributed by atoms with van der Waals surface area (Å²) >= 11 is 0. The number of aromatic nitrogens is 2. The molecule has 1 amide bonds. The van der Waals surface area contributed by atoms with Gasteiger partial charge in [0.15, 0.2) is 0 Å². The Hall–Kier alpha value is -3.25. The Kier molecular flexibility index (Phi) is 5.81. The molecule has 0 atom stereocenters. The second kappa shape index (κ2) is 8.84. The highest BCUT2D eigenvalue weighted by atomic mass is 16.1. The van der Waals surface area contributed by atoms with Crippen molar-refractivity contribution in [2.45, 2.75) is 6.54 Å². The van der Waals surface area contributed by atoms with E-state index in [1.165, 1.54) is 5.69 Å². The largest absolute Gasteiger partial charge is 0.369 e. The van der Waals surface area contributed by atoms with Crippen molar-refractivity contribution in [1.29, 1.82) is 0 Å². The first kappa shape index (κ1) is 19.1. The zero-order chi connectivity index (χ0) is 20.1. The molecule has 0 bridgehead atoms. The zero-order valence-electron chi connectivity index (χ0n) is 16.6. The third kappa shape index (κ3) is 4.78. The first-order valence-electron chi connectivity index (χ1n) is 9.87. The van der Waals surface area contributed by atoms with Crippen molar-refractivity contribution in [3.63, 3.8) is 0 Å². The van der Waals surface area contributed by atoms with Gasteiger partial charge in [0.05, 0.1) is 5.69 Å². The third-order valence-corrected chi connectivity index (χ3v) is 5.19. The van der Waals surface area contributed by atoms with Crippen LogP contribution in [0.2, 0.25) is 0 Å². The molecule has 148 valence electrons. The summed E-state index contributed by atoms with van der Waals surface area (Å²) in [5, 5.41) is 2.90. The molecule has 1 N–H and O–H groups in total. The van der Waals surface area contributed by atoms with Gasteiger partial charge in [-0.05, 0) is 42.9 Å². The lowest BCUT2D eigenvalue weighted by atomic mass is 10.1. The van der Waals surface area contributed by atoms with Gasteiger partial charge in [0, 0.05) is 56.4 Å². The van der Waals surface area contributed by atoms with Gasteiger partial charge in [-0.15, -0.1) is 0 Å². The predicted octanol–water partition coefficient (Wildman–Crippen LogP) is 2.83. The summed E-state index contributed by atoms with van der Waals surface area (Å²) in [7, 11) is 2.16. The number of benzene rings is 1. The van der Waals surface area contributed by atoms with Crippen LogP contribution >= 0.6 is 0 Å². The molecule has 4 rings (SSSR count). The van der Waals surface area contributed by atoms with Gasteiger partial charge < -0.3 is 15.1 Å². The molecular weight excluding hydrogens is 362 g/mol. The molecule has 1 aromatic carbocycles. The second-order valence-corrected chi connectivity index (χ2v) is 7.29. The molecule has 3 aromatic rings. The number of nitrogens with one attached hydrogen (secondary N) is 1. The van der Waals surface area contributed by atoms with Gasteiger partial charge in [-0.3, -0.25) is 9.78 Å². The van der Waals surface area contributed by atoms with E-state index in [4.69, 9.17) is 0 Å². The average Bonchev–Trinajstić information content (AvgIpc) is 2.79. The quantitative estimate of drug-likeness (QED) is 0.729. The number of hydrogen-bond acceptors (Lipinski definition) is 5. The van der Waals surface area contributed by atoms with Crippen molar-refractivity contribution in [2.75, 3.05) is 38.1 Å². The molecule has 1 aliphatic heterocycles. The number of amides is 1. The molecule has 29 heavy (non-hydrogen) atoms. The number of hydrogen-bond donors (Lipinski definition) is 1. The fourth-order valence-corrected chi connectivity index (χ4v) is 3.41. The van der Waals surface area contributed by atoms with Gasteiger partial charge in [-0.2, -0.15) is 0 Å². The number of nitrogens with zero attached hydrogens (tertiary/aromatic N) is 4. The summed E-state index contributed by atoms with van der Waals surface area (Å²) in [5.74, 6) is -0.190. The summed E-state index contributed by atoms with van der Waals surface area (Å²) in [6, 6.07) is 17.7. The van der Waals surface area contributed by atoms with E-state index >= 15 is 0 Å². The van der Waals surface area contributed by atoms with Crippen molar-refractivity contribution in [1.82, 2.24) is 20.2 Å². The van der Waals surface area contributed by atoms with Crippen molar-refractivity contribution in [3.05, 3.63) is 78.2 Å². The van der Waals surface area contributed by atoms with Crippen LogP contribution in [0.4, 0.5) is 5.69 Å². The first-order valence-corrected chi connectivity index (χ1v) is 9.87. The van der Waals surface area contributed by atoms with E-state index in [0.717, 1.165) is 43.0 Å². The molecule has 6 nitrogen and oxygen atoms in total. The Labute approximate surface area is 171 Å². The van der Waals surface area contributed by atoms with E-state index in [0.29, 0.717) is 12.2 Å². The Morgan fingerprint density at radius 3 is 2.52 bits per heavy atom. The van der Waals surface area contributed by atoms with Gasteiger partial charge in [-0.25, -0.2) is 4.98 Å². The Morgan fingerprint density at radius 2 is 1.79 bits per heavy atom. The SMILES string of the molecule is CN1CCN(c2ccc(-c3cccc(C(=O)NCc4cccnc4)n3)cc2)CC1. The monoisotopic (exact) mass is 387 g/mol. The number of piperazine rings is 1. The van der Waals surface area contributed by atoms with Crippen LogP contribution in [-0.2, 0) is 6.54 Å². The number of carbonyl (C=O) groups excluding carboxylic acids is 1. The summed E-state index contributed by atoms with van der Waals surface area (Å²) in [6.45, 7) is 4.68. The van der Waals surface area contributed by atoms with Gasteiger partial charge >= 0.3 is 0 Å². The first-order chi connectivity index (χ1) is 14.2. The van der Waals surface area contributed by atoms with Crippen molar-refractivity contribution in [2.24, 2.45) is 0 Å². The molecule has 0 saturated carbocycles. The zero-order valence-corrected chi connectivity index (χ0v) is 16.6. The van der Waals surface area contributed by atoms with Crippen LogP contribution in [0, 0.1) is 0 Å². The molecular formula is C23H25N5O. The number of pyridine rings is 2. The summed E-state index contributed by atoms with van der Waals surface area (Å²) in [6.07, 6.45) is 3.46. The number of likely N-dealkylation sites (N-methyl/N-ethyl adjacent to an activating group) is 1. The highest BCUT2D eigenvalue weighted by molar-refractivity contribution is 5.92. The van der Waals surface area contributed by atoms with Crippen LogP contribution in [-0.4, -0.2) is 54.0 Å². The third-order valence-electron chi connectivity index (χ3n) is 5.19. The molecule has 1 saturated heterocycles. The number of anilines is 1. The topological polar surface area (TPSA) is 61.4 Å². The van der Waals surface area contributed by atoms with E-state index < -0.39 is 0 Å². The molecule has 6 heteroatoms. The number of carbonyl (C=O) groups is 1. The smallest absolute Gasteiger partial charge is 0.270 e. The number of rotatable bonds is 5. The minimum Gasteiger partial charge on any atom is -0.369 e. The Morgan fingerprint density at radius 1 is 1.00 bits per heavy atom. The molecule has 1 aliphatic rings. The normalized spacial score (nSPS) is 14.6. The minimum atomic E-state index is -0.190. The van der Waals surface area contributed by atoms with Crippen LogP contribution < -0.4 is 10.2 Å². The van der Waals surface area contributed by atoms with Crippen LogP contribution in [0.1, 0.15) is 16.1 Å². The molecule has 2 aromatic heterocycles. The average molecular weight is 387 g/mol. The van der Waals surface area contributed by atoms with Gasteiger partial charge in [0.1, 0.15) is 5.69 Å².